The number of H-pyrrole nitrogens is 1. The Labute approximate surface area is 171 Å². The number of carbonyl (C=O) groups excluding carboxylic acids is 1. The molecular weight excluding hydrogens is 366 g/mol. The second kappa shape index (κ2) is 8.10. The van der Waals surface area contributed by atoms with Crippen LogP contribution in [0.2, 0.25) is 0 Å². The van der Waals surface area contributed by atoms with E-state index < -0.39 is 5.41 Å². The van der Waals surface area contributed by atoms with Crippen LogP contribution in [0.15, 0.2) is 29.6 Å². The van der Waals surface area contributed by atoms with Crippen molar-refractivity contribution in [3.8, 4) is 10.6 Å². The van der Waals surface area contributed by atoms with E-state index in [0.29, 0.717) is 6.54 Å². The fourth-order valence-corrected chi connectivity index (χ4v) is 4.77. The van der Waals surface area contributed by atoms with E-state index >= 15 is 0 Å². The summed E-state index contributed by atoms with van der Waals surface area (Å²) in [5.41, 5.74) is 11.2. The third-order valence-electron chi connectivity index (χ3n) is 5.58. The van der Waals surface area contributed by atoms with Crippen LogP contribution in [0.4, 0.5) is 0 Å². The minimum absolute atomic E-state index is 0.168. The Morgan fingerprint density at radius 1 is 1.21 bits per heavy atom. The number of amides is 1. The van der Waals surface area contributed by atoms with Gasteiger partial charge < -0.3 is 15.6 Å². The molecule has 28 heavy (non-hydrogen) atoms. The number of benzene rings is 1. The number of aryl methyl sites for hydroxylation is 1. The van der Waals surface area contributed by atoms with Crippen molar-refractivity contribution in [3.63, 3.8) is 0 Å². The monoisotopic (exact) mass is 397 g/mol. The van der Waals surface area contributed by atoms with Gasteiger partial charge in [0.15, 0.2) is 0 Å². The summed E-state index contributed by atoms with van der Waals surface area (Å²) in [6.45, 7) is 12.3. The number of fused-ring (bicyclic) bond motifs is 1. The summed E-state index contributed by atoms with van der Waals surface area (Å²) in [5.74, 6) is 0.168. The van der Waals surface area contributed by atoms with Crippen LogP contribution in [0.5, 0.6) is 0 Å². The highest BCUT2D eigenvalue weighted by atomic mass is 32.1. The standard InChI is InChI=1S/C23H31N3OS/c1-6-26(7-2)22(27)23(4,5)16-8-9-19-18(13-16)17(10-11-24)21(25-19)20-12-15(3)14-28-20/h8-9,12-14,25H,6-7,10-11,24H2,1-5H3. The zero-order valence-corrected chi connectivity index (χ0v) is 18.4. The number of nitrogens with one attached hydrogen (secondary N) is 1. The number of aromatic nitrogens is 1. The lowest BCUT2D eigenvalue weighted by atomic mass is 9.82. The van der Waals surface area contributed by atoms with Gasteiger partial charge in [0.1, 0.15) is 0 Å². The van der Waals surface area contributed by atoms with Gasteiger partial charge in [-0.05, 0) is 87.9 Å². The minimum Gasteiger partial charge on any atom is -0.354 e. The Morgan fingerprint density at radius 3 is 2.50 bits per heavy atom. The van der Waals surface area contributed by atoms with Gasteiger partial charge in [-0.1, -0.05) is 6.07 Å². The maximum Gasteiger partial charge on any atom is 0.232 e. The number of hydrogen-bond acceptors (Lipinski definition) is 3. The van der Waals surface area contributed by atoms with E-state index in [9.17, 15) is 4.79 Å². The van der Waals surface area contributed by atoms with Crippen molar-refractivity contribution >= 4 is 28.1 Å². The van der Waals surface area contributed by atoms with Gasteiger partial charge in [0, 0.05) is 24.0 Å². The molecule has 0 saturated carbocycles. The Bertz CT molecular complexity index is 979. The first-order valence-electron chi connectivity index (χ1n) is 10.0. The molecule has 0 unspecified atom stereocenters. The highest BCUT2D eigenvalue weighted by Gasteiger charge is 2.33. The molecule has 0 aliphatic heterocycles. The Morgan fingerprint density at radius 2 is 1.93 bits per heavy atom. The quantitative estimate of drug-likeness (QED) is 0.598. The summed E-state index contributed by atoms with van der Waals surface area (Å²) >= 11 is 1.75. The molecular formula is C23H31N3OS. The van der Waals surface area contributed by atoms with Gasteiger partial charge in [-0.2, -0.15) is 0 Å². The molecule has 5 heteroatoms. The van der Waals surface area contributed by atoms with E-state index in [4.69, 9.17) is 5.73 Å². The molecule has 1 amide bonds. The van der Waals surface area contributed by atoms with Crippen molar-refractivity contribution in [1.82, 2.24) is 9.88 Å². The van der Waals surface area contributed by atoms with Gasteiger partial charge in [0.05, 0.1) is 16.0 Å². The molecule has 0 saturated heterocycles. The Hall–Kier alpha value is -2.11. The van der Waals surface area contributed by atoms with Gasteiger partial charge in [-0.25, -0.2) is 0 Å². The molecule has 0 fully saturated rings. The van der Waals surface area contributed by atoms with E-state index in [2.05, 4.69) is 41.6 Å². The highest BCUT2D eigenvalue weighted by molar-refractivity contribution is 7.13. The molecule has 0 aliphatic carbocycles. The highest BCUT2D eigenvalue weighted by Crippen LogP contribution is 2.36. The maximum absolute atomic E-state index is 13.1. The second-order valence-corrected chi connectivity index (χ2v) is 8.78. The van der Waals surface area contributed by atoms with Crippen LogP contribution < -0.4 is 5.73 Å². The van der Waals surface area contributed by atoms with E-state index in [1.165, 1.54) is 21.4 Å². The molecule has 2 aromatic heterocycles. The lowest BCUT2D eigenvalue weighted by Gasteiger charge is -2.31. The number of carbonyl (C=O) groups is 1. The lowest BCUT2D eigenvalue weighted by Crippen LogP contribution is -2.43. The van der Waals surface area contributed by atoms with Crippen LogP contribution in [-0.4, -0.2) is 35.4 Å². The molecule has 3 N–H and O–H groups in total. The van der Waals surface area contributed by atoms with Gasteiger partial charge in [-0.15, -0.1) is 11.3 Å². The largest absolute Gasteiger partial charge is 0.354 e. The Balaban J connectivity index is 2.12. The maximum atomic E-state index is 13.1. The molecule has 0 spiro atoms. The van der Waals surface area contributed by atoms with E-state index in [0.717, 1.165) is 36.3 Å². The minimum atomic E-state index is -0.572. The molecule has 4 nitrogen and oxygen atoms in total. The third kappa shape index (κ3) is 3.61. The van der Waals surface area contributed by atoms with Crippen molar-refractivity contribution in [1.29, 1.82) is 0 Å². The van der Waals surface area contributed by atoms with Crippen LogP contribution in [-0.2, 0) is 16.6 Å². The summed E-state index contributed by atoms with van der Waals surface area (Å²) < 4.78 is 0. The predicted molar refractivity (Wildman–Crippen MR) is 120 cm³/mol. The summed E-state index contributed by atoms with van der Waals surface area (Å²) in [7, 11) is 0. The van der Waals surface area contributed by atoms with Crippen LogP contribution in [0.25, 0.3) is 21.5 Å². The molecule has 1 aromatic carbocycles. The van der Waals surface area contributed by atoms with Crippen LogP contribution in [0.3, 0.4) is 0 Å². The zero-order chi connectivity index (χ0) is 20.5. The first-order valence-corrected chi connectivity index (χ1v) is 10.9. The number of aromatic amines is 1. The number of nitrogens with zero attached hydrogens (tertiary/aromatic N) is 1. The van der Waals surface area contributed by atoms with Crippen molar-refractivity contribution in [2.24, 2.45) is 5.73 Å². The first kappa shape index (κ1) is 20.6. The van der Waals surface area contributed by atoms with Crippen molar-refractivity contribution in [2.45, 2.75) is 46.5 Å². The van der Waals surface area contributed by atoms with Crippen LogP contribution in [0.1, 0.15) is 44.4 Å². The van der Waals surface area contributed by atoms with Gasteiger partial charge >= 0.3 is 0 Å². The van der Waals surface area contributed by atoms with Crippen molar-refractivity contribution in [2.75, 3.05) is 19.6 Å². The van der Waals surface area contributed by atoms with Gasteiger partial charge in [0.2, 0.25) is 5.91 Å². The molecule has 0 radical (unpaired) electrons. The van der Waals surface area contributed by atoms with Gasteiger partial charge in [0.25, 0.3) is 0 Å². The topological polar surface area (TPSA) is 62.1 Å². The average molecular weight is 398 g/mol. The molecule has 3 aromatic rings. The number of likely N-dealkylation sites (N-methyl/N-ethyl adjacent to an activating group) is 1. The number of thiophene rings is 1. The summed E-state index contributed by atoms with van der Waals surface area (Å²) in [5, 5.41) is 3.34. The van der Waals surface area contributed by atoms with Crippen LogP contribution >= 0.6 is 11.3 Å². The summed E-state index contributed by atoms with van der Waals surface area (Å²) in [4.78, 5) is 19.8. The van der Waals surface area contributed by atoms with E-state index in [1.54, 1.807) is 11.3 Å². The molecule has 2 heterocycles. The van der Waals surface area contributed by atoms with E-state index in [-0.39, 0.29) is 5.91 Å². The number of nitrogens with two attached hydrogens (primary N) is 1. The second-order valence-electron chi connectivity index (χ2n) is 7.87. The Kier molecular flexibility index (Phi) is 5.96. The molecule has 0 bridgehead atoms. The molecule has 150 valence electrons. The zero-order valence-electron chi connectivity index (χ0n) is 17.6. The predicted octanol–water partition coefficient (Wildman–Crippen LogP) is 4.85. The van der Waals surface area contributed by atoms with Crippen molar-refractivity contribution < 1.29 is 4.79 Å². The summed E-state index contributed by atoms with van der Waals surface area (Å²) in [6.07, 6.45) is 0.806. The smallest absolute Gasteiger partial charge is 0.232 e. The molecule has 0 atom stereocenters. The van der Waals surface area contributed by atoms with Crippen molar-refractivity contribution in [3.05, 3.63) is 46.3 Å². The lowest BCUT2D eigenvalue weighted by molar-refractivity contribution is -0.135. The summed E-state index contributed by atoms with van der Waals surface area (Å²) in [6, 6.07) is 8.58. The fraction of sp³-hybridized carbons (Fsp3) is 0.435. The average Bonchev–Trinajstić information content (AvgIpc) is 3.26. The van der Waals surface area contributed by atoms with E-state index in [1.807, 2.05) is 32.6 Å². The molecule has 0 aliphatic rings. The fourth-order valence-electron chi connectivity index (χ4n) is 3.84. The first-order chi connectivity index (χ1) is 13.3. The number of hydrogen-bond donors (Lipinski definition) is 2. The third-order valence-corrected chi connectivity index (χ3v) is 6.65. The van der Waals surface area contributed by atoms with Gasteiger partial charge in [-0.3, -0.25) is 4.79 Å². The number of rotatable bonds is 7. The van der Waals surface area contributed by atoms with Crippen LogP contribution in [0, 0.1) is 6.92 Å². The SMILES string of the molecule is CCN(CC)C(=O)C(C)(C)c1ccc2[nH]c(-c3cc(C)cs3)c(CCN)c2c1. The molecule has 3 rings (SSSR count). The normalized spacial score (nSPS) is 11.9.